The highest BCUT2D eigenvalue weighted by Crippen LogP contribution is 2.17. The first-order valence-corrected chi connectivity index (χ1v) is 4.26. The lowest BCUT2D eigenvalue weighted by molar-refractivity contribution is 0.111. The lowest BCUT2D eigenvalue weighted by atomic mass is 10.2. The summed E-state index contributed by atoms with van der Waals surface area (Å²) in [4.78, 5) is 0. The van der Waals surface area contributed by atoms with E-state index in [1.165, 1.54) is 0 Å². The second-order valence-electron chi connectivity index (χ2n) is 2.95. The number of methoxy groups -OCH3 is 1. The molecule has 0 fully saturated rings. The van der Waals surface area contributed by atoms with Gasteiger partial charge in [0.2, 0.25) is 0 Å². The van der Waals surface area contributed by atoms with Crippen LogP contribution in [0.2, 0.25) is 0 Å². The van der Waals surface area contributed by atoms with E-state index in [-0.39, 0.29) is 6.10 Å². The highest BCUT2D eigenvalue weighted by Gasteiger charge is 2.15. The van der Waals surface area contributed by atoms with Crippen LogP contribution in [0.5, 0.6) is 0 Å². The summed E-state index contributed by atoms with van der Waals surface area (Å²) in [5, 5.41) is 11.0. The van der Waals surface area contributed by atoms with Crippen molar-refractivity contribution in [3.63, 3.8) is 0 Å². The molecule has 0 aliphatic heterocycles. The number of rotatable bonds is 4. The third-order valence-electron chi connectivity index (χ3n) is 2.03. The molecule has 5 nitrogen and oxygen atoms in total. The molecular formula is C8H16N4O. The van der Waals surface area contributed by atoms with Crippen LogP contribution in [0.4, 0.5) is 0 Å². The van der Waals surface area contributed by atoms with Crippen LogP contribution in [-0.2, 0) is 18.3 Å². The first-order valence-electron chi connectivity index (χ1n) is 4.26. The van der Waals surface area contributed by atoms with Gasteiger partial charge in [-0.15, -0.1) is 5.10 Å². The first kappa shape index (κ1) is 10.1. The third kappa shape index (κ3) is 2.05. The van der Waals surface area contributed by atoms with Gasteiger partial charge in [0.05, 0.1) is 11.8 Å². The van der Waals surface area contributed by atoms with Gasteiger partial charge in [-0.2, -0.15) is 0 Å². The Kier molecular flexibility index (Phi) is 3.39. The maximum Gasteiger partial charge on any atom is 0.102 e. The molecule has 1 unspecified atom stereocenters. The number of nitrogens with zero attached hydrogens (tertiary/aromatic N) is 3. The Morgan fingerprint density at radius 1 is 1.62 bits per heavy atom. The van der Waals surface area contributed by atoms with Crippen LogP contribution >= 0.6 is 0 Å². The maximum absolute atomic E-state index is 5.23. The second kappa shape index (κ2) is 4.34. The topological polar surface area (TPSA) is 52.0 Å². The van der Waals surface area contributed by atoms with Crippen LogP contribution in [-0.4, -0.2) is 29.2 Å². The molecule has 0 bridgehead atoms. The highest BCUT2D eigenvalue weighted by molar-refractivity contribution is 5.12. The Morgan fingerprint density at radius 2 is 2.31 bits per heavy atom. The monoisotopic (exact) mass is 184 g/mol. The van der Waals surface area contributed by atoms with E-state index >= 15 is 0 Å². The Bertz CT molecular complexity index is 271. The number of hydrogen-bond acceptors (Lipinski definition) is 4. The Labute approximate surface area is 78.1 Å². The zero-order valence-electron chi connectivity index (χ0n) is 8.53. The summed E-state index contributed by atoms with van der Waals surface area (Å²) < 4.78 is 6.98. The van der Waals surface area contributed by atoms with E-state index in [4.69, 9.17) is 4.74 Å². The summed E-state index contributed by atoms with van der Waals surface area (Å²) >= 11 is 0. The molecule has 1 heterocycles. The van der Waals surface area contributed by atoms with Gasteiger partial charge in [-0.1, -0.05) is 5.21 Å². The van der Waals surface area contributed by atoms with Crippen molar-refractivity contribution in [1.29, 1.82) is 0 Å². The van der Waals surface area contributed by atoms with Gasteiger partial charge in [-0.3, -0.25) is 0 Å². The van der Waals surface area contributed by atoms with Crippen LogP contribution < -0.4 is 5.32 Å². The predicted molar refractivity (Wildman–Crippen MR) is 49.2 cm³/mol. The van der Waals surface area contributed by atoms with Crippen LogP contribution in [0, 0.1) is 0 Å². The molecular weight excluding hydrogens is 168 g/mol. The predicted octanol–water partition coefficient (Wildman–Crippen LogP) is 0.242. The van der Waals surface area contributed by atoms with Gasteiger partial charge in [0.1, 0.15) is 5.69 Å². The molecule has 13 heavy (non-hydrogen) atoms. The number of aryl methyl sites for hydroxylation is 1. The van der Waals surface area contributed by atoms with Gasteiger partial charge in [-0.05, 0) is 14.0 Å². The number of hydrogen-bond donors (Lipinski definition) is 1. The van der Waals surface area contributed by atoms with E-state index in [2.05, 4.69) is 15.6 Å². The molecule has 1 aromatic rings. The van der Waals surface area contributed by atoms with Gasteiger partial charge in [0, 0.05) is 20.7 Å². The van der Waals surface area contributed by atoms with E-state index in [9.17, 15) is 0 Å². The lowest BCUT2D eigenvalue weighted by Crippen LogP contribution is -2.11. The summed E-state index contributed by atoms with van der Waals surface area (Å²) in [5.41, 5.74) is 1.97. The van der Waals surface area contributed by atoms with Crippen molar-refractivity contribution in [3.05, 3.63) is 11.4 Å². The van der Waals surface area contributed by atoms with Crippen molar-refractivity contribution < 1.29 is 4.74 Å². The molecule has 0 aliphatic carbocycles. The molecule has 5 heteroatoms. The zero-order chi connectivity index (χ0) is 9.84. The Hall–Kier alpha value is -0.940. The van der Waals surface area contributed by atoms with E-state index in [0.29, 0.717) is 0 Å². The van der Waals surface area contributed by atoms with E-state index in [1.807, 2.05) is 21.0 Å². The molecule has 1 rings (SSSR count). The Morgan fingerprint density at radius 3 is 2.85 bits per heavy atom. The molecule has 1 aromatic heterocycles. The fourth-order valence-corrected chi connectivity index (χ4v) is 1.31. The van der Waals surface area contributed by atoms with Crippen LogP contribution in [0.15, 0.2) is 0 Å². The summed E-state index contributed by atoms with van der Waals surface area (Å²) in [5.74, 6) is 0. The van der Waals surface area contributed by atoms with Gasteiger partial charge in [-0.25, -0.2) is 4.68 Å². The molecule has 74 valence electrons. The summed E-state index contributed by atoms with van der Waals surface area (Å²) in [6.45, 7) is 2.70. The van der Waals surface area contributed by atoms with Crippen molar-refractivity contribution in [3.8, 4) is 0 Å². The van der Waals surface area contributed by atoms with E-state index in [1.54, 1.807) is 11.8 Å². The van der Waals surface area contributed by atoms with E-state index in [0.717, 1.165) is 17.9 Å². The molecule has 0 spiro atoms. The minimum absolute atomic E-state index is 0.0309. The molecule has 0 saturated heterocycles. The average Bonchev–Trinajstić information content (AvgIpc) is 2.47. The zero-order valence-corrected chi connectivity index (χ0v) is 8.53. The fourth-order valence-electron chi connectivity index (χ4n) is 1.31. The summed E-state index contributed by atoms with van der Waals surface area (Å²) in [7, 11) is 5.44. The molecule has 1 atom stereocenters. The normalized spacial score (nSPS) is 13.2. The Balaban J connectivity index is 2.93. The summed E-state index contributed by atoms with van der Waals surface area (Å²) in [6.07, 6.45) is 0.0309. The van der Waals surface area contributed by atoms with Gasteiger partial charge >= 0.3 is 0 Å². The molecule has 0 amide bonds. The standard InChI is InChI=1S/C8H16N4O/c1-6(13-4)8-7(5-9-2)10-11-12(8)3/h6,9H,5H2,1-4H3. The smallest absolute Gasteiger partial charge is 0.102 e. The van der Waals surface area contributed by atoms with Gasteiger partial charge in [0.15, 0.2) is 0 Å². The van der Waals surface area contributed by atoms with Gasteiger partial charge < -0.3 is 10.1 Å². The number of nitrogens with one attached hydrogen (secondary N) is 1. The van der Waals surface area contributed by atoms with Gasteiger partial charge in [0.25, 0.3) is 0 Å². The molecule has 0 aromatic carbocycles. The minimum atomic E-state index is 0.0309. The average molecular weight is 184 g/mol. The molecule has 0 saturated carbocycles. The number of aromatic nitrogens is 3. The number of ether oxygens (including phenoxy) is 1. The van der Waals surface area contributed by atoms with Crippen molar-refractivity contribution in [2.75, 3.05) is 14.2 Å². The van der Waals surface area contributed by atoms with Crippen LogP contribution in [0.25, 0.3) is 0 Å². The minimum Gasteiger partial charge on any atom is -0.375 e. The molecule has 0 radical (unpaired) electrons. The lowest BCUT2D eigenvalue weighted by Gasteiger charge is -2.10. The SMILES string of the molecule is CNCc1nnn(C)c1C(C)OC. The second-order valence-corrected chi connectivity index (χ2v) is 2.95. The van der Waals surface area contributed by atoms with Crippen LogP contribution in [0.1, 0.15) is 24.4 Å². The first-order chi connectivity index (χ1) is 6.20. The third-order valence-corrected chi connectivity index (χ3v) is 2.03. The van der Waals surface area contributed by atoms with Crippen molar-refractivity contribution in [2.45, 2.75) is 19.6 Å². The van der Waals surface area contributed by atoms with Crippen molar-refractivity contribution in [1.82, 2.24) is 20.3 Å². The molecule has 1 N–H and O–H groups in total. The van der Waals surface area contributed by atoms with Crippen LogP contribution in [0.3, 0.4) is 0 Å². The maximum atomic E-state index is 5.23. The highest BCUT2D eigenvalue weighted by atomic mass is 16.5. The van der Waals surface area contributed by atoms with E-state index < -0.39 is 0 Å². The summed E-state index contributed by atoms with van der Waals surface area (Å²) in [6, 6.07) is 0. The van der Waals surface area contributed by atoms with Crippen molar-refractivity contribution >= 4 is 0 Å². The quantitative estimate of drug-likeness (QED) is 0.728. The largest absolute Gasteiger partial charge is 0.375 e. The molecule has 0 aliphatic rings. The fraction of sp³-hybridized carbons (Fsp3) is 0.750. The van der Waals surface area contributed by atoms with Crippen molar-refractivity contribution in [2.24, 2.45) is 7.05 Å².